The molecule has 0 saturated heterocycles. The van der Waals surface area contributed by atoms with Gasteiger partial charge < -0.3 is 10.0 Å². The van der Waals surface area contributed by atoms with Gasteiger partial charge in [0.25, 0.3) is 0 Å². The fraction of sp³-hybridized carbons (Fsp3) is 0.455. The van der Waals surface area contributed by atoms with E-state index in [1.165, 1.54) is 23.9 Å². The fourth-order valence-electron chi connectivity index (χ4n) is 1.10. The van der Waals surface area contributed by atoms with Gasteiger partial charge in [-0.3, -0.25) is 0 Å². The molecular formula is C11H16FNOS. The third-order valence-electron chi connectivity index (χ3n) is 1.91. The third kappa shape index (κ3) is 5.16. The molecule has 0 aliphatic heterocycles. The highest BCUT2D eigenvalue weighted by Crippen LogP contribution is 2.23. The smallest absolute Gasteiger partial charge is 0.123 e. The second-order valence-electron chi connectivity index (χ2n) is 3.62. The van der Waals surface area contributed by atoms with Crippen LogP contribution in [0.5, 0.6) is 0 Å². The average molecular weight is 229 g/mol. The number of thioether (sulfide) groups is 1. The Labute approximate surface area is 94.1 Å². The van der Waals surface area contributed by atoms with E-state index < -0.39 is 5.44 Å². The Morgan fingerprint density at radius 1 is 1.33 bits per heavy atom. The lowest BCUT2D eigenvalue weighted by Gasteiger charge is -2.13. The molecule has 0 amide bonds. The second kappa shape index (κ2) is 6.10. The molecule has 1 aromatic rings. The van der Waals surface area contributed by atoms with Gasteiger partial charge in [-0.15, -0.1) is 0 Å². The highest BCUT2D eigenvalue weighted by molar-refractivity contribution is 7.99. The summed E-state index contributed by atoms with van der Waals surface area (Å²) in [5.41, 5.74) is -0.433. The molecule has 0 saturated carbocycles. The number of halogens is 1. The van der Waals surface area contributed by atoms with Crippen LogP contribution in [0.15, 0.2) is 29.2 Å². The van der Waals surface area contributed by atoms with Crippen molar-refractivity contribution >= 4 is 11.8 Å². The topological polar surface area (TPSA) is 23.5 Å². The Bertz CT molecular complexity index is 289. The number of hydrogen-bond donors (Lipinski definition) is 1. The highest BCUT2D eigenvalue weighted by atomic mass is 32.2. The minimum Gasteiger partial charge on any atom is -0.382 e. The van der Waals surface area contributed by atoms with Gasteiger partial charge in [-0.2, -0.15) is 0 Å². The first-order valence-electron chi connectivity index (χ1n) is 4.83. The molecule has 1 unspecified atom stereocenters. The van der Waals surface area contributed by atoms with Gasteiger partial charge in [-0.25, -0.2) is 4.39 Å². The van der Waals surface area contributed by atoms with Gasteiger partial charge in [0.2, 0.25) is 0 Å². The zero-order valence-corrected chi connectivity index (χ0v) is 9.80. The van der Waals surface area contributed by atoms with Crippen molar-refractivity contribution in [3.63, 3.8) is 0 Å². The summed E-state index contributed by atoms with van der Waals surface area (Å²) in [6.07, 6.45) is 0.703. The quantitative estimate of drug-likeness (QED) is 0.618. The van der Waals surface area contributed by atoms with Crippen LogP contribution in [-0.4, -0.2) is 36.1 Å². The number of aliphatic hydroxyl groups excluding tert-OH is 1. The van der Waals surface area contributed by atoms with E-state index in [1.54, 1.807) is 12.1 Å². The summed E-state index contributed by atoms with van der Waals surface area (Å²) < 4.78 is 12.6. The predicted octanol–water partition coefficient (Wildman–Crippen LogP) is 2.19. The SMILES string of the molecule is CN(C)CCC(O)Sc1ccc(F)cc1. The maximum absolute atomic E-state index is 12.6. The standard InChI is InChI=1S/C11H16FNOS/c1-13(2)8-7-11(14)15-10-5-3-9(12)4-6-10/h3-6,11,14H,7-8H2,1-2H3. The minimum atomic E-state index is -0.433. The zero-order chi connectivity index (χ0) is 11.3. The molecule has 1 N–H and O–H groups in total. The number of hydrogen-bond acceptors (Lipinski definition) is 3. The molecule has 1 atom stereocenters. The van der Waals surface area contributed by atoms with Crippen LogP contribution < -0.4 is 0 Å². The molecule has 15 heavy (non-hydrogen) atoms. The Kier molecular flexibility index (Phi) is 5.08. The van der Waals surface area contributed by atoms with Crippen molar-refractivity contribution in [1.82, 2.24) is 4.90 Å². The molecular weight excluding hydrogens is 213 g/mol. The van der Waals surface area contributed by atoms with Crippen LogP contribution in [0, 0.1) is 5.82 Å². The summed E-state index contributed by atoms with van der Waals surface area (Å²) in [5, 5.41) is 9.66. The lowest BCUT2D eigenvalue weighted by atomic mass is 10.3. The molecule has 0 bridgehead atoms. The maximum atomic E-state index is 12.6. The van der Waals surface area contributed by atoms with Gasteiger partial charge in [0, 0.05) is 11.4 Å². The van der Waals surface area contributed by atoms with E-state index >= 15 is 0 Å². The van der Waals surface area contributed by atoms with E-state index in [2.05, 4.69) is 0 Å². The summed E-state index contributed by atoms with van der Waals surface area (Å²) in [6, 6.07) is 6.17. The summed E-state index contributed by atoms with van der Waals surface area (Å²) >= 11 is 1.36. The Hall–Kier alpha value is -0.580. The first-order valence-corrected chi connectivity index (χ1v) is 5.71. The summed E-state index contributed by atoms with van der Waals surface area (Å²) in [5.74, 6) is -0.248. The molecule has 0 radical (unpaired) electrons. The summed E-state index contributed by atoms with van der Waals surface area (Å²) in [4.78, 5) is 2.91. The number of benzene rings is 1. The van der Waals surface area contributed by atoms with Crippen LogP contribution in [0.4, 0.5) is 4.39 Å². The van der Waals surface area contributed by atoms with E-state index in [4.69, 9.17) is 0 Å². The van der Waals surface area contributed by atoms with Crippen LogP contribution in [0.1, 0.15) is 6.42 Å². The van der Waals surface area contributed by atoms with Gasteiger partial charge in [0.05, 0.1) is 0 Å². The molecule has 2 nitrogen and oxygen atoms in total. The zero-order valence-electron chi connectivity index (χ0n) is 8.98. The normalized spacial score (nSPS) is 13.1. The molecule has 0 aliphatic carbocycles. The number of aliphatic hydroxyl groups is 1. The number of nitrogens with zero attached hydrogens (tertiary/aromatic N) is 1. The van der Waals surface area contributed by atoms with Crippen molar-refractivity contribution in [2.75, 3.05) is 20.6 Å². The Balaban J connectivity index is 2.37. The van der Waals surface area contributed by atoms with Crippen LogP contribution in [0.3, 0.4) is 0 Å². The summed E-state index contributed by atoms with van der Waals surface area (Å²) in [7, 11) is 3.94. The third-order valence-corrected chi connectivity index (χ3v) is 2.96. The molecule has 0 fully saturated rings. The molecule has 0 aliphatic rings. The van der Waals surface area contributed by atoms with Crippen molar-refractivity contribution in [2.45, 2.75) is 16.8 Å². The predicted molar refractivity (Wildman–Crippen MR) is 61.4 cm³/mol. The maximum Gasteiger partial charge on any atom is 0.123 e. The number of rotatable bonds is 5. The average Bonchev–Trinajstić information content (AvgIpc) is 2.19. The Morgan fingerprint density at radius 3 is 2.47 bits per heavy atom. The molecule has 0 heterocycles. The largest absolute Gasteiger partial charge is 0.382 e. The van der Waals surface area contributed by atoms with Crippen molar-refractivity contribution in [3.8, 4) is 0 Å². The van der Waals surface area contributed by atoms with Crippen LogP contribution >= 0.6 is 11.8 Å². The van der Waals surface area contributed by atoms with Crippen LogP contribution in [0.25, 0.3) is 0 Å². The van der Waals surface area contributed by atoms with Gasteiger partial charge in [0.15, 0.2) is 0 Å². The molecule has 1 aromatic carbocycles. The van der Waals surface area contributed by atoms with E-state index in [-0.39, 0.29) is 5.82 Å². The van der Waals surface area contributed by atoms with E-state index in [9.17, 15) is 9.50 Å². The second-order valence-corrected chi connectivity index (χ2v) is 4.87. The lowest BCUT2D eigenvalue weighted by Crippen LogP contribution is -2.17. The monoisotopic (exact) mass is 229 g/mol. The van der Waals surface area contributed by atoms with Crippen LogP contribution in [-0.2, 0) is 0 Å². The first kappa shape index (κ1) is 12.5. The minimum absolute atomic E-state index is 0.248. The molecule has 1 rings (SSSR count). The summed E-state index contributed by atoms with van der Waals surface area (Å²) in [6.45, 7) is 0.843. The van der Waals surface area contributed by atoms with E-state index in [1.807, 2.05) is 19.0 Å². The molecule has 84 valence electrons. The van der Waals surface area contributed by atoms with Crippen molar-refractivity contribution in [1.29, 1.82) is 0 Å². The van der Waals surface area contributed by atoms with Gasteiger partial charge in [-0.05, 0) is 44.8 Å². The van der Waals surface area contributed by atoms with E-state index in [0.29, 0.717) is 6.42 Å². The molecule has 0 aromatic heterocycles. The van der Waals surface area contributed by atoms with Gasteiger partial charge in [-0.1, -0.05) is 11.8 Å². The van der Waals surface area contributed by atoms with Gasteiger partial charge >= 0.3 is 0 Å². The van der Waals surface area contributed by atoms with Crippen molar-refractivity contribution in [3.05, 3.63) is 30.1 Å². The first-order chi connectivity index (χ1) is 7.08. The fourth-order valence-corrected chi connectivity index (χ4v) is 1.93. The molecule has 4 heteroatoms. The highest BCUT2D eigenvalue weighted by Gasteiger charge is 2.06. The van der Waals surface area contributed by atoms with E-state index in [0.717, 1.165) is 11.4 Å². The van der Waals surface area contributed by atoms with Crippen LogP contribution in [0.2, 0.25) is 0 Å². The Morgan fingerprint density at radius 2 is 1.93 bits per heavy atom. The van der Waals surface area contributed by atoms with Crippen molar-refractivity contribution < 1.29 is 9.50 Å². The molecule has 0 spiro atoms. The lowest BCUT2D eigenvalue weighted by molar-refractivity contribution is 0.232. The van der Waals surface area contributed by atoms with Gasteiger partial charge in [0.1, 0.15) is 11.3 Å². The van der Waals surface area contributed by atoms with Crippen molar-refractivity contribution in [2.24, 2.45) is 0 Å².